The second-order valence-corrected chi connectivity index (χ2v) is 8.32. The molecular formula is C18H32O2. The first kappa shape index (κ1) is 15.9. The Morgan fingerprint density at radius 3 is 2.25 bits per heavy atom. The van der Waals surface area contributed by atoms with Crippen LogP contribution < -0.4 is 0 Å². The van der Waals surface area contributed by atoms with Crippen molar-refractivity contribution in [2.45, 2.75) is 78.6 Å². The summed E-state index contributed by atoms with van der Waals surface area (Å²) in [5.41, 5.74) is 0.328. The summed E-state index contributed by atoms with van der Waals surface area (Å²) in [5, 5.41) is 9.53. The largest absolute Gasteiger partial charge is 0.481 e. The fourth-order valence-electron chi connectivity index (χ4n) is 4.49. The first-order chi connectivity index (χ1) is 9.38. The van der Waals surface area contributed by atoms with Crippen LogP contribution in [0.25, 0.3) is 0 Å². The lowest BCUT2D eigenvalue weighted by Crippen LogP contribution is -2.36. The Labute approximate surface area is 124 Å². The first-order valence-electron chi connectivity index (χ1n) is 8.60. The molecule has 0 bridgehead atoms. The van der Waals surface area contributed by atoms with Crippen molar-refractivity contribution in [2.24, 2.45) is 29.1 Å². The minimum Gasteiger partial charge on any atom is -0.481 e. The van der Waals surface area contributed by atoms with E-state index in [0.29, 0.717) is 17.3 Å². The molecule has 0 heterocycles. The lowest BCUT2D eigenvalue weighted by Gasteiger charge is -2.42. The van der Waals surface area contributed by atoms with Crippen LogP contribution in [0.3, 0.4) is 0 Å². The number of carbonyl (C=O) groups is 1. The highest BCUT2D eigenvalue weighted by Gasteiger charge is 2.39. The minimum atomic E-state index is -0.543. The third-order valence-electron chi connectivity index (χ3n) is 5.89. The normalized spacial score (nSPS) is 33.0. The van der Waals surface area contributed by atoms with Gasteiger partial charge < -0.3 is 5.11 Å². The van der Waals surface area contributed by atoms with Gasteiger partial charge in [0.2, 0.25) is 0 Å². The van der Waals surface area contributed by atoms with Crippen molar-refractivity contribution in [1.82, 2.24) is 0 Å². The lowest BCUT2D eigenvalue weighted by molar-refractivity contribution is -0.146. The van der Waals surface area contributed by atoms with E-state index in [1.54, 1.807) is 0 Å². The van der Waals surface area contributed by atoms with Gasteiger partial charge in [-0.1, -0.05) is 52.9 Å². The van der Waals surface area contributed by atoms with Crippen LogP contribution in [0.5, 0.6) is 0 Å². The molecule has 0 amide bonds. The third kappa shape index (κ3) is 3.99. The third-order valence-corrected chi connectivity index (χ3v) is 5.89. The molecule has 0 aromatic heterocycles. The Kier molecular flexibility index (Phi) is 5.14. The van der Waals surface area contributed by atoms with Gasteiger partial charge in [0.1, 0.15) is 0 Å². The first-order valence-corrected chi connectivity index (χ1v) is 8.60. The molecular weight excluding hydrogens is 248 g/mol. The summed E-state index contributed by atoms with van der Waals surface area (Å²) in [4.78, 5) is 11.6. The van der Waals surface area contributed by atoms with Gasteiger partial charge in [0.25, 0.3) is 0 Å². The van der Waals surface area contributed by atoms with E-state index >= 15 is 0 Å². The second kappa shape index (κ2) is 6.49. The van der Waals surface area contributed by atoms with Gasteiger partial charge in [-0.15, -0.1) is 0 Å². The maximum Gasteiger partial charge on any atom is 0.306 e. The van der Waals surface area contributed by atoms with Crippen LogP contribution in [-0.2, 0) is 4.79 Å². The number of hydrogen-bond donors (Lipinski definition) is 1. The van der Waals surface area contributed by atoms with Crippen LogP contribution in [-0.4, -0.2) is 11.1 Å². The van der Waals surface area contributed by atoms with E-state index in [9.17, 15) is 9.90 Å². The average molecular weight is 280 g/mol. The molecule has 2 saturated carbocycles. The van der Waals surface area contributed by atoms with E-state index in [0.717, 1.165) is 25.2 Å². The van der Waals surface area contributed by atoms with Crippen molar-refractivity contribution in [3.63, 3.8) is 0 Å². The number of carboxylic acid groups (broad SMARTS) is 1. The highest BCUT2D eigenvalue weighted by Crippen LogP contribution is 2.46. The van der Waals surface area contributed by atoms with Gasteiger partial charge in [0.05, 0.1) is 5.92 Å². The molecule has 0 saturated heterocycles. The quantitative estimate of drug-likeness (QED) is 0.779. The van der Waals surface area contributed by atoms with E-state index in [1.807, 2.05) is 0 Å². The van der Waals surface area contributed by atoms with Gasteiger partial charge in [-0.3, -0.25) is 4.79 Å². The van der Waals surface area contributed by atoms with Gasteiger partial charge in [0.15, 0.2) is 0 Å². The molecule has 2 aliphatic rings. The Balaban J connectivity index is 2.00. The summed E-state index contributed by atoms with van der Waals surface area (Å²) in [5.74, 6) is 1.31. The molecule has 0 aromatic rings. The molecule has 3 atom stereocenters. The Morgan fingerprint density at radius 1 is 1.05 bits per heavy atom. The van der Waals surface area contributed by atoms with E-state index in [2.05, 4.69) is 20.8 Å². The Bertz CT molecular complexity index is 323. The highest BCUT2D eigenvalue weighted by molar-refractivity contribution is 5.70. The summed E-state index contributed by atoms with van der Waals surface area (Å²) in [6.45, 7) is 6.95. The standard InChI is InChI=1S/C18H32O2/c1-18(2,3)15-9-10-16(17(19)20)14(12-15)11-13-7-5-4-6-8-13/h13-16H,4-12H2,1-3H3,(H,19,20). The van der Waals surface area contributed by atoms with E-state index in [4.69, 9.17) is 0 Å². The highest BCUT2D eigenvalue weighted by atomic mass is 16.4. The summed E-state index contributed by atoms with van der Waals surface area (Å²) >= 11 is 0. The Morgan fingerprint density at radius 2 is 1.70 bits per heavy atom. The monoisotopic (exact) mass is 280 g/mol. The van der Waals surface area contributed by atoms with Crippen molar-refractivity contribution in [3.05, 3.63) is 0 Å². The molecule has 0 aliphatic heterocycles. The minimum absolute atomic E-state index is 0.0736. The fraction of sp³-hybridized carbons (Fsp3) is 0.944. The summed E-state index contributed by atoms with van der Waals surface area (Å²) in [6.07, 6.45) is 11.1. The number of rotatable bonds is 3. The topological polar surface area (TPSA) is 37.3 Å². The molecule has 2 nitrogen and oxygen atoms in total. The fourth-order valence-corrected chi connectivity index (χ4v) is 4.49. The maximum absolute atomic E-state index is 11.6. The summed E-state index contributed by atoms with van der Waals surface area (Å²) in [7, 11) is 0. The molecule has 2 rings (SSSR count). The van der Waals surface area contributed by atoms with Crippen molar-refractivity contribution in [2.75, 3.05) is 0 Å². The van der Waals surface area contributed by atoms with Crippen LogP contribution in [0.4, 0.5) is 0 Å². The van der Waals surface area contributed by atoms with E-state index < -0.39 is 5.97 Å². The van der Waals surface area contributed by atoms with Crippen molar-refractivity contribution in [1.29, 1.82) is 0 Å². The molecule has 1 N–H and O–H groups in total. The van der Waals surface area contributed by atoms with Crippen molar-refractivity contribution >= 4 is 5.97 Å². The number of aliphatic carboxylic acids is 1. The zero-order valence-corrected chi connectivity index (χ0v) is 13.5. The van der Waals surface area contributed by atoms with E-state index in [1.165, 1.54) is 38.5 Å². The molecule has 2 heteroatoms. The average Bonchev–Trinajstić information content (AvgIpc) is 2.38. The maximum atomic E-state index is 11.6. The van der Waals surface area contributed by atoms with Crippen molar-refractivity contribution in [3.8, 4) is 0 Å². The predicted molar refractivity (Wildman–Crippen MR) is 82.6 cm³/mol. The van der Waals surface area contributed by atoms with E-state index in [-0.39, 0.29) is 5.92 Å². The van der Waals surface area contributed by atoms with Gasteiger partial charge in [0, 0.05) is 0 Å². The molecule has 0 aromatic carbocycles. The van der Waals surface area contributed by atoms with Crippen LogP contribution >= 0.6 is 0 Å². The zero-order valence-electron chi connectivity index (χ0n) is 13.5. The Hall–Kier alpha value is -0.530. The smallest absolute Gasteiger partial charge is 0.306 e. The van der Waals surface area contributed by atoms with Gasteiger partial charge in [-0.25, -0.2) is 0 Å². The van der Waals surface area contributed by atoms with Crippen LogP contribution in [0.15, 0.2) is 0 Å². The van der Waals surface area contributed by atoms with Crippen LogP contribution in [0.2, 0.25) is 0 Å². The molecule has 0 spiro atoms. The molecule has 3 unspecified atom stereocenters. The van der Waals surface area contributed by atoms with Gasteiger partial charge >= 0.3 is 5.97 Å². The van der Waals surface area contributed by atoms with Crippen molar-refractivity contribution < 1.29 is 9.90 Å². The number of carboxylic acids is 1. The molecule has 116 valence electrons. The number of hydrogen-bond acceptors (Lipinski definition) is 1. The van der Waals surface area contributed by atoms with Gasteiger partial charge in [-0.2, -0.15) is 0 Å². The van der Waals surface area contributed by atoms with Crippen LogP contribution in [0.1, 0.15) is 78.6 Å². The predicted octanol–water partition coefficient (Wildman–Crippen LogP) is 5.12. The molecule has 2 fully saturated rings. The molecule has 0 radical (unpaired) electrons. The second-order valence-electron chi connectivity index (χ2n) is 8.32. The zero-order chi connectivity index (χ0) is 14.8. The molecule has 2 aliphatic carbocycles. The molecule has 20 heavy (non-hydrogen) atoms. The SMILES string of the molecule is CC(C)(C)C1CCC(C(=O)O)C(CC2CCCCC2)C1. The lowest BCUT2D eigenvalue weighted by atomic mass is 9.63. The summed E-state index contributed by atoms with van der Waals surface area (Å²) in [6, 6.07) is 0. The summed E-state index contributed by atoms with van der Waals surface area (Å²) < 4.78 is 0. The van der Waals surface area contributed by atoms with Gasteiger partial charge in [-0.05, 0) is 48.9 Å². The van der Waals surface area contributed by atoms with Crippen LogP contribution in [0, 0.1) is 29.1 Å².